The zero-order chi connectivity index (χ0) is 19.0. The maximum absolute atomic E-state index is 5.64. The van der Waals surface area contributed by atoms with Crippen molar-refractivity contribution in [1.29, 1.82) is 0 Å². The Morgan fingerprint density at radius 2 is 0.667 bits per heavy atom. The van der Waals surface area contributed by atoms with Gasteiger partial charge >= 0.3 is 0 Å². The zero-order valence-electron chi connectivity index (χ0n) is 17.5. The van der Waals surface area contributed by atoms with Crippen LogP contribution in [0.2, 0.25) is 0 Å². The van der Waals surface area contributed by atoms with E-state index in [1.807, 2.05) is 0 Å². The Morgan fingerprint density at radius 1 is 0.444 bits per heavy atom. The quantitative estimate of drug-likeness (QED) is 0.573. The van der Waals surface area contributed by atoms with Crippen LogP contribution in [0, 0.1) is 55.4 Å². The molecule has 0 heterocycles. The number of rotatable bonds is 4. The molecule has 0 N–H and O–H groups in total. The van der Waals surface area contributed by atoms with E-state index < -0.39 is 0 Å². The Balaban J connectivity index is 0.00000338. The third-order valence-electron chi connectivity index (χ3n) is 6.18. The minimum absolute atomic E-state index is 0. The van der Waals surface area contributed by atoms with Gasteiger partial charge in [-0.05, 0) is 117 Å². The molecule has 0 saturated heterocycles. The van der Waals surface area contributed by atoms with Crippen LogP contribution in [0.3, 0.4) is 0 Å². The van der Waals surface area contributed by atoms with Crippen LogP contribution in [0.25, 0.3) is 0 Å². The van der Waals surface area contributed by atoms with Crippen LogP contribution in [-0.4, -0.2) is 14.2 Å². The predicted octanol–water partition coefficient (Wildman–Crippen LogP) is 7.03. The fourth-order valence-electron chi connectivity index (χ4n) is 4.03. The summed E-state index contributed by atoms with van der Waals surface area (Å²) in [6.45, 7) is 17.5. The van der Waals surface area contributed by atoms with Crippen molar-refractivity contribution in [2.75, 3.05) is 14.2 Å². The van der Waals surface area contributed by atoms with Gasteiger partial charge in [0, 0.05) is 0 Å². The van der Waals surface area contributed by atoms with Gasteiger partial charge in [0.05, 0.1) is 14.2 Å². The Hall–Kier alpha value is -1.96. The number of ether oxygens (including phenoxy) is 2. The molecule has 0 spiro atoms. The van der Waals surface area contributed by atoms with E-state index in [-0.39, 0.29) is 14.9 Å². The van der Waals surface area contributed by atoms with Crippen molar-refractivity contribution < 1.29 is 9.47 Å². The van der Waals surface area contributed by atoms with Gasteiger partial charge in [0.1, 0.15) is 11.5 Å². The van der Waals surface area contributed by atoms with E-state index in [2.05, 4.69) is 55.4 Å². The smallest absolute Gasteiger partial charge is 0.125 e. The van der Waals surface area contributed by atoms with Crippen LogP contribution in [0.1, 0.15) is 70.5 Å². The summed E-state index contributed by atoms with van der Waals surface area (Å²) in [6, 6.07) is 0. The van der Waals surface area contributed by atoms with Crippen molar-refractivity contribution in [2.24, 2.45) is 0 Å². The molecule has 0 aromatic heterocycles. The fraction of sp³-hybridized carbons (Fsp3) is 0.520. The van der Waals surface area contributed by atoms with E-state index in [0.29, 0.717) is 0 Å². The monoisotopic (exact) mass is 372 g/mol. The number of benzene rings is 2. The first-order chi connectivity index (χ1) is 11.7. The second-order valence-electron chi connectivity index (χ2n) is 7.20. The summed E-state index contributed by atoms with van der Waals surface area (Å²) < 4.78 is 11.3. The van der Waals surface area contributed by atoms with Gasteiger partial charge in [0.15, 0.2) is 0 Å². The Morgan fingerprint density at radius 3 is 0.852 bits per heavy atom. The molecule has 0 radical (unpaired) electrons. The van der Waals surface area contributed by atoms with Gasteiger partial charge in [-0.1, -0.05) is 14.9 Å². The van der Waals surface area contributed by atoms with Gasteiger partial charge in [-0.15, -0.1) is 0 Å². The molecule has 0 aliphatic heterocycles. The molecule has 0 fully saturated rings. The molecule has 0 amide bonds. The minimum Gasteiger partial charge on any atom is -0.496 e. The van der Waals surface area contributed by atoms with Crippen molar-refractivity contribution in [1.82, 2.24) is 0 Å². The highest BCUT2D eigenvalue weighted by Gasteiger charge is 2.20. The van der Waals surface area contributed by atoms with Crippen molar-refractivity contribution >= 4 is 0 Å². The third kappa shape index (κ3) is 4.00. The lowest BCUT2D eigenvalue weighted by Crippen LogP contribution is -2.08. The summed E-state index contributed by atoms with van der Waals surface area (Å²) in [4.78, 5) is 0. The molecule has 0 aliphatic carbocycles. The average Bonchev–Trinajstić information content (AvgIpc) is 2.59. The molecule has 0 saturated carbocycles. The average molecular weight is 373 g/mol. The van der Waals surface area contributed by atoms with Gasteiger partial charge < -0.3 is 9.47 Å². The summed E-state index contributed by atoms with van der Waals surface area (Å²) in [5.74, 6) is 2.04. The van der Waals surface area contributed by atoms with Crippen LogP contribution >= 0.6 is 0 Å². The van der Waals surface area contributed by atoms with E-state index in [1.54, 1.807) is 14.2 Å². The van der Waals surface area contributed by atoms with Gasteiger partial charge in [0.2, 0.25) is 0 Å². The zero-order valence-corrected chi connectivity index (χ0v) is 17.5. The SMILES string of the molecule is C.C.COc1c(C)c(C)c(Cc2c(C)c(C)c(OC)c(C)c2C)c(C)c1C. The highest BCUT2D eigenvalue weighted by molar-refractivity contribution is 5.59. The summed E-state index contributed by atoms with van der Waals surface area (Å²) in [6.07, 6.45) is 0.951. The first-order valence-electron chi connectivity index (χ1n) is 8.93. The lowest BCUT2D eigenvalue weighted by atomic mass is 9.84. The van der Waals surface area contributed by atoms with Crippen LogP contribution in [0.4, 0.5) is 0 Å². The maximum Gasteiger partial charge on any atom is 0.125 e. The molecule has 152 valence electrons. The summed E-state index contributed by atoms with van der Waals surface area (Å²) in [5, 5.41) is 0. The molecule has 2 rings (SSSR count). The van der Waals surface area contributed by atoms with Gasteiger partial charge in [-0.25, -0.2) is 0 Å². The van der Waals surface area contributed by atoms with Crippen LogP contribution in [-0.2, 0) is 6.42 Å². The Bertz CT molecular complexity index is 702. The molecule has 2 heteroatoms. The summed E-state index contributed by atoms with van der Waals surface area (Å²) >= 11 is 0. The van der Waals surface area contributed by atoms with Crippen molar-refractivity contribution in [2.45, 2.75) is 76.7 Å². The molecule has 0 unspecified atom stereocenters. The molecule has 0 atom stereocenters. The number of methoxy groups -OCH3 is 2. The molecule has 2 aromatic rings. The normalized spacial score (nSPS) is 10.1. The Labute approximate surface area is 167 Å². The highest BCUT2D eigenvalue weighted by atomic mass is 16.5. The second kappa shape index (κ2) is 9.30. The van der Waals surface area contributed by atoms with Gasteiger partial charge in [-0.3, -0.25) is 0 Å². The molecule has 27 heavy (non-hydrogen) atoms. The molecule has 0 bridgehead atoms. The second-order valence-corrected chi connectivity index (χ2v) is 7.20. The van der Waals surface area contributed by atoms with E-state index in [0.717, 1.165) is 17.9 Å². The lowest BCUT2D eigenvalue weighted by Gasteiger charge is -2.23. The van der Waals surface area contributed by atoms with E-state index >= 15 is 0 Å². The number of hydrogen-bond acceptors (Lipinski definition) is 2. The third-order valence-corrected chi connectivity index (χ3v) is 6.18. The first kappa shape index (κ1) is 25.0. The van der Waals surface area contributed by atoms with Crippen molar-refractivity contribution in [3.8, 4) is 11.5 Å². The first-order valence-corrected chi connectivity index (χ1v) is 8.93. The standard InChI is InChI=1S/C23H32O2.2CH4/c1-12-16(5)22(24-9)17(6)13(2)20(12)11-21-14(3)18(7)23(25-10)19(8)15(21)4;;/h11H2,1-10H3;2*1H4. The molecule has 2 aromatic carbocycles. The van der Waals surface area contributed by atoms with E-state index in [4.69, 9.17) is 9.47 Å². The van der Waals surface area contributed by atoms with Crippen LogP contribution in [0.15, 0.2) is 0 Å². The van der Waals surface area contributed by atoms with Gasteiger partial charge in [-0.2, -0.15) is 0 Å². The van der Waals surface area contributed by atoms with E-state index in [9.17, 15) is 0 Å². The summed E-state index contributed by atoms with van der Waals surface area (Å²) in [7, 11) is 3.52. The Kier molecular flexibility index (Phi) is 8.63. The topological polar surface area (TPSA) is 18.5 Å². The molecular formula is C25H40O2. The fourth-order valence-corrected chi connectivity index (χ4v) is 4.03. The largest absolute Gasteiger partial charge is 0.496 e. The molecule has 2 nitrogen and oxygen atoms in total. The number of hydrogen-bond donors (Lipinski definition) is 0. The predicted molar refractivity (Wildman–Crippen MR) is 120 cm³/mol. The maximum atomic E-state index is 5.64. The summed E-state index contributed by atoms with van der Waals surface area (Å²) in [5.41, 5.74) is 13.2. The van der Waals surface area contributed by atoms with E-state index in [1.165, 1.54) is 55.6 Å². The molecule has 0 aliphatic rings. The van der Waals surface area contributed by atoms with Crippen molar-refractivity contribution in [3.63, 3.8) is 0 Å². The van der Waals surface area contributed by atoms with Crippen molar-refractivity contribution in [3.05, 3.63) is 55.6 Å². The van der Waals surface area contributed by atoms with Gasteiger partial charge in [0.25, 0.3) is 0 Å². The lowest BCUT2D eigenvalue weighted by molar-refractivity contribution is 0.407. The van der Waals surface area contributed by atoms with Crippen LogP contribution in [0.5, 0.6) is 11.5 Å². The van der Waals surface area contributed by atoms with Crippen LogP contribution < -0.4 is 9.47 Å². The minimum atomic E-state index is 0. The molecular weight excluding hydrogens is 332 g/mol. The highest BCUT2D eigenvalue weighted by Crippen LogP contribution is 2.37.